The number of aromatic carboxylic acids is 1. The van der Waals surface area contributed by atoms with Gasteiger partial charge in [0.1, 0.15) is 5.75 Å². The van der Waals surface area contributed by atoms with E-state index in [1.165, 1.54) is 28.8 Å². The van der Waals surface area contributed by atoms with Crippen LogP contribution in [0.4, 0.5) is 5.69 Å². The van der Waals surface area contributed by atoms with Gasteiger partial charge >= 0.3 is 11.9 Å². The Labute approximate surface area is 208 Å². The molecule has 160 valence electrons. The van der Waals surface area contributed by atoms with Crippen LogP contribution in [0.5, 0.6) is 5.75 Å². The number of hydrogen-bond donors (Lipinski definition) is 2. The second-order valence-corrected chi connectivity index (χ2v) is 9.55. The number of ether oxygens (including phenoxy) is 1. The smallest absolute Gasteiger partial charge is 0.341 e. The molecule has 0 saturated carbocycles. The molecule has 11 heteroatoms. The Morgan fingerprint density at radius 3 is 2.32 bits per heavy atom. The first-order valence-corrected chi connectivity index (χ1v) is 11.6. The minimum Gasteiger partial charge on any atom is -0.480 e. The average molecular weight is 664 g/mol. The van der Waals surface area contributed by atoms with Crippen molar-refractivity contribution in [3.8, 4) is 5.75 Å². The van der Waals surface area contributed by atoms with Gasteiger partial charge in [-0.15, -0.1) is 0 Å². The molecule has 0 unspecified atom stereocenters. The molecule has 0 aromatic heterocycles. The molecular weight excluding hydrogens is 650 g/mol. The number of carboxylic acids is 2. The minimum absolute atomic E-state index is 0.160. The molecule has 2 aromatic carbocycles. The summed E-state index contributed by atoms with van der Waals surface area (Å²) in [5.41, 5.74) is 1.47. The summed E-state index contributed by atoms with van der Waals surface area (Å²) >= 11 is 5.34. The van der Waals surface area contributed by atoms with E-state index in [1.54, 1.807) is 37.4 Å². The van der Waals surface area contributed by atoms with Crippen LogP contribution in [-0.4, -0.2) is 51.8 Å². The van der Waals surface area contributed by atoms with E-state index in [0.717, 1.165) is 12.7 Å². The fourth-order valence-electron chi connectivity index (χ4n) is 2.53. The van der Waals surface area contributed by atoms with E-state index in [2.05, 4.69) is 50.2 Å². The summed E-state index contributed by atoms with van der Waals surface area (Å²) in [6, 6.07) is 9.69. The lowest BCUT2D eigenvalue weighted by atomic mass is 10.2. The number of aliphatic carboxylic acids is 1. The molecule has 0 aliphatic carbocycles. The van der Waals surface area contributed by atoms with E-state index in [9.17, 15) is 14.4 Å². The van der Waals surface area contributed by atoms with Crippen LogP contribution < -0.4 is 4.74 Å². The molecule has 2 N–H and O–H groups in total. The number of amidine groups is 1. The van der Waals surface area contributed by atoms with Gasteiger partial charge in [-0.2, -0.15) is 0 Å². The second-order valence-electron chi connectivity index (χ2n) is 6.22. The topological polar surface area (TPSA) is 117 Å². The Balaban J connectivity index is 1.84. The molecule has 31 heavy (non-hydrogen) atoms. The van der Waals surface area contributed by atoms with Crippen molar-refractivity contribution in [2.24, 2.45) is 4.99 Å². The molecule has 0 atom stereocenters. The van der Waals surface area contributed by atoms with Crippen LogP contribution in [0.25, 0.3) is 6.08 Å². The highest BCUT2D eigenvalue weighted by Gasteiger charge is 2.30. The first kappa shape index (κ1) is 23.5. The van der Waals surface area contributed by atoms with Gasteiger partial charge in [0.05, 0.1) is 23.3 Å². The van der Waals surface area contributed by atoms with Gasteiger partial charge in [0.15, 0.2) is 11.8 Å². The summed E-state index contributed by atoms with van der Waals surface area (Å²) in [4.78, 5) is 40.7. The van der Waals surface area contributed by atoms with Crippen molar-refractivity contribution in [1.29, 1.82) is 0 Å². The zero-order valence-corrected chi connectivity index (χ0v) is 21.0. The third kappa shape index (κ3) is 5.77. The third-order valence-corrected chi connectivity index (χ3v) is 6.66. The third-order valence-electron chi connectivity index (χ3n) is 4.00. The molecule has 1 fully saturated rings. The van der Waals surface area contributed by atoms with Crippen molar-refractivity contribution in [3.05, 3.63) is 59.6 Å². The van der Waals surface area contributed by atoms with Crippen molar-refractivity contribution in [2.45, 2.75) is 0 Å². The van der Waals surface area contributed by atoms with Crippen molar-refractivity contribution in [2.75, 3.05) is 13.7 Å². The fourth-order valence-corrected chi connectivity index (χ4v) is 5.64. The maximum atomic E-state index is 12.7. The molecule has 8 nitrogen and oxygen atoms in total. The molecule has 1 heterocycles. The lowest BCUT2D eigenvalue weighted by Crippen LogP contribution is -2.23. The Morgan fingerprint density at radius 2 is 1.77 bits per heavy atom. The summed E-state index contributed by atoms with van der Waals surface area (Å²) < 4.78 is 6.79. The van der Waals surface area contributed by atoms with Gasteiger partial charge < -0.3 is 14.9 Å². The SMILES string of the molecule is CN1C(=O)/C(=C/c2cc(I)c(OCC(=O)O)c(I)c2)SC1=Nc1ccc(C(=O)O)cc1. The average Bonchev–Trinajstić information content (AvgIpc) is 2.95. The number of carbonyl (C=O) groups excluding carboxylic acids is 1. The number of aliphatic imine (C=N–C) groups is 1. The molecule has 1 saturated heterocycles. The number of halogens is 2. The van der Waals surface area contributed by atoms with Gasteiger partial charge in [0.2, 0.25) is 0 Å². The number of carbonyl (C=O) groups is 3. The maximum Gasteiger partial charge on any atom is 0.341 e. The minimum atomic E-state index is -1.06. The van der Waals surface area contributed by atoms with Gasteiger partial charge in [0, 0.05) is 7.05 Å². The van der Waals surface area contributed by atoms with Crippen molar-refractivity contribution in [3.63, 3.8) is 0 Å². The van der Waals surface area contributed by atoms with Crippen molar-refractivity contribution >= 4 is 91.7 Å². The number of likely N-dealkylation sites (N-methyl/N-ethyl adjacent to an activating group) is 1. The molecule has 1 aliphatic heterocycles. The summed E-state index contributed by atoms with van der Waals surface area (Å²) in [6.07, 6.45) is 1.74. The lowest BCUT2D eigenvalue weighted by Gasteiger charge is -2.09. The van der Waals surface area contributed by atoms with Gasteiger partial charge in [-0.25, -0.2) is 14.6 Å². The Morgan fingerprint density at radius 1 is 1.16 bits per heavy atom. The Kier molecular flexibility index (Phi) is 7.59. The number of benzene rings is 2. The van der Waals surface area contributed by atoms with E-state index >= 15 is 0 Å². The monoisotopic (exact) mass is 664 g/mol. The zero-order valence-electron chi connectivity index (χ0n) is 15.8. The largest absolute Gasteiger partial charge is 0.480 e. The van der Waals surface area contributed by atoms with Crippen molar-refractivity contribution in [1.82, 2.24) is 4.90 Å². The number of amides is 1. The fraction of sp³-hybridized carbons (Fsp3) is 0.100. The highest BCUT2D eigenvalue weighted by Crippen LogP contribution is 2.35. The molecule has 0 bridgehead atoms. The van der Waals surface area contributed by atoms with Crippen molar-refractivity contribution < 1.29 is 29.3 Å². The molecule has 0 spiro atoms. The number of thioether (sulfide) groups is 1. The van der Waals surface area contributed by atoms with Crippen LogP contribution in [0.15, 0.2) is 46.3 Å². The predicted octanol–water partition coefficient (Wildman–Crippen LogP) is 4.29. The van der Waals surface area contributed by atoms with E-state index in [0.29, 0.717) is 21.5 Å². The summed E-state index contributed by atoms with van der Waals surface area (Å²) in [7, 11) is 1.62. The van der Waals surface area contributed by atoms with Gasteiger partial charge in [0.25, 0.3) is 5.91 Å². The normalized spacial score (nSPS) is 16.2. The van der Waals surface area contributed by atoms with Gasteiger partial charge in [-0.05, 0) is 105 Å². The predicted molar refractivity (Wildman–Crippen MR) is 134 cm³/mol. The van der Waals surface area contributed by atoms with E-state index in [-0.39, 0.29) is 11.5 Å². The van der Waals surface area contributed by atoms with Crippen LogP contribution in [-0.2, 0) is 9.59 Å². The molecule has 3 rings (SSSR count). The first-order valence-electron chi connectivity index (χ1n) is 8.59. The maximum absolute atomic E-state index is 12.7. The highest BCUT2D eigenvalue weighted by molar-refractivity contribution is 14.1. The molecule has 2 aromatic rings. The standard InChI is InChI=1S/C20H14I2N2O6S/c1-24-18(27)15(31-20(24)23-12-4-2-11(3-5-12)19(28)29)8-10-6-13(21)17(14(22)7-10)30-9-16(25)26/h2-8H,9H2,1H3,(H,25,26)(H,28,29)/b15-8-,23-20?. The van der Waals surface area contributed by atoms with Crippen LogP contribution in [0, 0.1) is 7.14 Å². The summed E-state index contributed by atoms with van der Waals surface area (Å²) in [5, 5.41) is 18.3. The highest BCUT2D eigenvalue weighted by atomic mass is 127. The lowest BCUT2D eigenvalue weighted by molar-refractivity contribution is -0.139. The van der Waals surface area contributed by atoms with Gasteiger partial charge in [-0.1, -0.05) is 0 Å². The quantitative estimate of drug-likeness (QED) is 0.350. The van der Waals surface area contributed by atoms with E-state index in [4.69, 9.17) is 14.9 Å². The van der Waals surface area contributed by atoms with Gasteiger partial charge in [-0.3, -0.25) is 9.69 Å². The number of carboxylic acid groups (broad SMARTS) is 2. The summed E-state index contributed by atoms with van der Waals surface area (Å²) in [6.45, 7) is -0.432. The number of nitrogens with zero attached hydrogens (tertiary/aromatic N) is 2. The zero-order chi connectivity index (χ0) is 22.7. The molecule has 1 aliphatic rings. The molecular formula is C20H14I2N2O6S. The first-order chi connectivity index (χ1) is 14.7. The van der Waals surface area contributed by atoms with Crippen LogP contribution >= 0.6 is 56.9 Å². The molecule has 0 radical (unpaired) electrons. The Bertz CT molecular complexity index is 1110. The Hall–Kier alpha value is -2.13. The van der Waals surface area contributed by atoms with E-state index in [1.807, 2.05) is 0 Å². The van der Waals surface area contributed by atoms with Crippen LogP contribution in [0.2, 0.25) is 0 Å². The van der Waals surface area contributed by atoms with Crippen LogP contribution in [0.3, 0.4) is 0 Å². The van der Waals surface area contributed by atoms with E-state index < -0.39 is 18.5 Å². The second kappa shape index (κ2) is 9.99. The molecule has 1 amide bonds. The number of hydrogen-bond acceptors (Lipinski definition) is 6. The van der Waals surface area contributed by atoms with Crippen LogP contribution in [0.1, 0.15) is 15.9 Å². The number of rotatable bonds is 6. The summed E-state index contributed by atoms with van der Waals surface area (Å²) in [5.74, 6) is -1.80.